The predicted molar refractivity (Wildman–Crippen MR) is 175 cm³/mol. The number of rotatable bonds is 10. The summed E-state index contributed by atoms with van der Waals surface area (Å²) >= 11 is 3.56. The normalized spacial score (nSPS) is 14.7. The highest BCUT2D eigenvalue weighted by molar-refractivity contribution is 9.09. The molecule has 0 radical (unpaired) electrons. The van der Waals surface area contributed by atoms with E-state index in [0.717, 1.165) is 46.0 Å². The number of alkyl halides is 1. The number of nitrogens with zero attached hydrogens (tertiary/aromatic N) is 2. The molecule has 43 heavy (non-hydrogen) atoms. The van der Waals surface area contributed by atoms with Crippen LogP contribution < -0.4 is 0 Å². The Bertz CT molecular complexity index is 1530. The van der Waals surface area contributed by atoms with E-state index in [1.807, 2.05) is 157 Å². The van der Waals surface area contributed by atoms with E-state index in [1.165, 1.54) is 0 Å². The van der Waals surface area contributed by atoms with Gasteiger partial charge in [-0.3, -0.25) is 4.79 Å². The van der Waals surface area contributed by atoms with E-state index in [9.17, 15) is 0 Å². The second-order valence-electron chi connectivity index (χ2n) is 10.7. The summed E-state index contributed by atoms with van der Waals surface area (Å²) in [6.07, 6.45) is 1.62. The molecule has 1 heterocycles. The minimum Gasteiger partial charge on any atom is -0.302 e. The van der Waals surface area contributed by atoms with Gasteiger partial charge in [0.1, 0.15) is 5.54 Å². The molecule has 1 aliphatic heterocycles. The van der Waals surface area contributed by atoms with E-state index in [4.69, 9.17) is 0 Å². The summed E-state index contributed by atoms with van der Waals surface area (Å²) in [5.74, 6) is -0.273. The summed E-state index contributed by atoms with van der Waals surface area (Å²) in [4.78, 5) is 34.3. The average Bonchev–Trinajstić information content (AvgIpc) is 3.30. The van der Waals surface area contributed by atoms with Crippen LogP contribution in [0.1, 0.15) is 40.7 Å². The zero-order valence-electron chi connectivity index (χ0n) is 23.9. The molecule has 0 atom stereocenters. The molecule has 0 bridgehead atoms. The molecular formula is C38H33BrN2O2. The molecule has 6 rings (SSSR count). The standard InChI is InChI=1S/C38H33BrN2O2/c39-28-16-17-29-40-36(43)41(35(42)38(40,33-24-12-4-13-25-33)34-26-14-5-15-27-34)37(30-18-6-1-7-19-30,31-20-8-2-9-21-31)32-22-10-3-11-23-32/h1-15,18-27H,16-17,28-29H2. The molecule has 214 valence electrons. The smallest absolute Gasteiger partial charge is 0.302 e. The second kappa shape index (κ2) is 12.4. The molecule has 4 nitrogen and oxygen atoms in total. The van der Waals surface area contributed by atoms with Gasteiger partial charge in [0.05, 0.1) is 0 Å². The van der Waals surface area contributed by atoms with Gasteiger partial charge in [-0.25, -0.2) is 9.69 Å². The first-order valence-corrected chi connectivity index (χ1v) is 15.8. The van der Waals surface area contributed by atoms with Crippen LogP contribution in [-0.4, -0.2) is 33.6 Å². The van der Waals surface area contributed by atoms with Crippen LogP contribution in [0.25, 0.3) is 0 Å². The van der Waals surface area contributed by atoms with Crippen LogP contribution in [0.5, 0.6) is 0 Å². The fourth-order valence-corrected chi connectivity index (χ4v) is 6.96. The van der Waals surface area contributed by atoms with Crippen molar-refractivity contribution in [2.45, 2.75) is 23.9 Å². The number of hydrogen-bond acceptors (Lipinski definition) is 2. The maximum atomic E-state index is 15.7. The van der Waals surface area contributed by atoms with Crippen molar-refractivity contribution >= 4 is 27.9 Å². The van der Waals surface area contributed by atoms with Crippen LogP contribution in [-0.2, 0) is 15.9 Å². The lowest BCUT2D eigenvalue weighted by Crippen LogP contribution is -2.53. The van der Waals surface area contributed by atoms with E-state index < -0.39 is 11.1 Å². The van der Waals surface area contributed by atoms with Gasteiger partial charge in [0.25, 0.3) is 5.91 Å². The Morgan fingerprint density at radius 1 is 0.535 bits per heavy atom. The lowest BCUT2D eigenvalue weighted by molar-refractivity contribution is -0.134. The summed E-state index contributed by atoms with van der Waals surface area (Å²) in [7, 11) is 0. The number of halogens is 1. The van der Waals surface area contributed by atoms with Crippen LogP contribution in [0.4, 0.5) is 4.79 Å². The molecule has 1 fully saturated rings. The van der Waals surface area contributed by atoms with E-state index in [1.54, 1.807) is 4.90 Å². The van der Waals surface area contributed by atoms with Crippen LogP contribution >= 0.6 is 15.9 Å². The van der Waals surface area contributed by atoms with Crippen molar-refractivity contribution in [3.63, 3.8) is 0 Å². The maximum Gasteiger partial charge on any atom is 0.329 e. The van der Waals surface area contributed by atoms with Crippen molar-refractivity contribution in [2.75, 3.05) is 11.9 Å². The van der Waals surface area contributed by atoms with Crippen molar-refractivity contribution in [3.8, 4) is 0 Å². The third-order valence-electron chi connectivity index (χ3n) is 8.40. The molecule has 5 aromatic rings. The summed E-state index contributed by atoms with van der Waals surface area (Å²) in [5.41, 5.74) is 1.48. The molecule has 0 spiro atoms. The summed E-state index contributed by atoms with van der Waals surface area (Å²) < 4.78 is 0. The molecule has 0 N–H and O–H groups in total. The number of unbranched alkanes of at least 4 members (excludes halogenated alkanes) is 1. The zero-order chi connectivity index (χ0) is 29.7. The Balaban J connectivity index is 1.72. The molecule has 3 amide bonds. The van der Waals surface area contributed by atoms with Gasteiger partial charge in [0.2, 0.25) is 0 Å². The lowest BCUT2D eigenvalue weighted by Gasteiger charge is -2.42. The van der Waals surface area contributed by atoms with Gasteiger partial charge in [-0.2, -0.15) is 0 Å². The van der Waals surface area contributed by atoms with Crippen molar-refractivity contribution in [1.29, 1.82) is 0 Å². The number of carbonyl (C=O) groups excluding carboxylic acids is 2. The van der Waals surface area contributed by atoms with Gasteiger partial charge in [-0.1, -0.05) is 168 Å². The molecule has 0 saturated carbocycles. The fraction of sp³-hybridized carbons (Fsp3) is 0.158. The van der Waals surface area contributed by atoms with Crippen LogP contribution in [0.15, 0.2) is 152 Å². The van der Waals surface area contributed by atoms with E-state index in [2.05, 4.69) is 15.9 Å². The van der Waals surface area contributed by atoms with Crippen molar-refractivity contribution in [3.05, 3.63) is 179 Å². The quantitative estimate of drug-likeness (QED) is 0.0675. The molecule has 0 aliphatic carbocycles. The predicted octanol–water partition coefficient (Wildman–Crippen LogP) is 8.36. The van der Waals surface area contributed by atoms with Gasteiger partial charge in [0.15, 0.2) is 5.54 Å². The van der Waals surface area contributed by atoms with Crippen LogP contribution in [0.2, 0.25) is 0 Å². The Kier molecular flexibility index (Phi) is 8.26. The number of urea groups is 1. The first-order chi connectivity index (χ1) is 21.2. The molecule has 5 aromatic carbocycles. The van der Waals surface area contributed by atoms with Gasteiger partial charge in [0, 0.05) is 11.9 Å². The minimum absolute atomic E-state index is 0.273. The summed E-state index contributed by atoms with van der Waals surface area (Å²) in [5, 5.41) is 0.818. The average molecular weight is 630 g/mol. The first-order valence-electron chi connectivity index (χ1n) is 14.7. The number of carbonyl (C=O) groups is 2. The number of hydrogen-bond donors (Lipinski definition) is 0. The second-order valence-corrected chi connectivity index (χ2v) is 11.5. The molecule has 5 heteroatoms. The minimum atomic E-state index is -1.35. The van der Waals surface area contributed by atoms with Gasteiger partial charge in [-0.15, -0.1) is 0 Å². The van der Waals surface area contributed by atoms with Crippen molar-refractivity contribution in [1.82, 2.24) is 9.80 Å². The Labute approximate surface area is 261 Å². The number of amides is 3. The van der Waals surface area contributed by atoms with E-state index in [0.29, 0.717) is 6.54 Å². The van der Waals surface area contributed by atoms with Gasteiger partial charge in [-0.05, 0) is 40.7 Å². The Morgan fingerprint density at radius 3 is 1.28 bits per heavy atom. The van der Waals surface area contributed by atoms with Crippen molar-refractivity contribution in [2.24, 2.45) is 0 Å². The SMILES string of the molecule is O=C1N(CCCCBr)C(c2ccccc2)(c2ccccc2)C(=O)N1C(c1ccccc1)(c1ccccc1)c1ccccc1. The summed E-state index contributed by atoms with van der Waals surface area (Å²) in [6.45, 7) is 0.422. The van der Waals surface area contributed by atoms with Crippen LogP contribution in [0, 0.1) is 0 Å². The Hall–Kier alpha value is -4.48. The number of benzene rings is 5. The van der Waals surface area contributed by atoms with Gasteiger partial charge >= 0.3 is 6.03 Å². The Morgan fingerprint density at radius 2 is 0.907 bits per heavy atom. The topological polar surface area (TPSA) is 40.6 Å². The highest BCUT2D eigenvalue weighted by Crippen LogP contribution is 2.52. The monoisotopic (exact) mass is 628 g/mol. The van der Waals surface area contributed by atoms with Crippen LogP contribution in [0.3, 0.4) is 0 Å². The molecular weight excluding hydrogens is 596 g/mol. The maximum absolute atomic E-state index is 15.7. The highest BCUT2D eigenvalue weighted by Gasteiger charge is 2.65. The first kappa shape index (κ1) is 28.6. The third kappa shape index (κ3) is 4.68. The highest BCUT2D eigenvalue weighted by atomic mass is 79.9. The summed E-state index contributed by atoms with van der Waals surface area (Å²) in [6, 6.07) is 49.0. The number of imide groups is 1. The van der Waals surface area contributed by atoms with Gasteiger partial charge < -0.3 is 4.90 Å². The largest absolute Gasteiger partial charge is 0.329 e. The lowest BCUT2D eigenvalue weighted by atomic mass is 9.74. The molecule has 1 saturated heterocycles. The van der Waals surface area contributed by atoms with E-state index in [-0.39, 0.29) is 11.9 Å². The zero-order valence-corrected chi connectivity index (χ0v) is 25.4. The fourth-order valence-electron chi connectivity index (χ4n) is 6.56. The third-order valence-corrected chi connectivity index (χ3v) is 8.96. The van der Waals surface area contributed by atoms with Crippen molar-refractivity contribution < 1.29 is 9.59 Å². The molecule has 0 unspecified atom stereocenters. The molecule has 0 aromatic heterocycles. The van der Waals surface area contributed by atoms with E-state index >= 15 is 9.59 Å². The molecule has 1 aliphatic rings.